The van der Waals surface area contributed by atoms with Crippen molar-refractivity contribution in [2.75, 3.05) is 0 Å². The van der Waals surface area contributed by atoms with Crippen LogP contribution in [-0.2, 0) is 9.53 Å². The van der Waals surface area contributed by atoms with Crippen LogP contribution in [0.2, 0.25) is 0 Å². The van der Waals surface area contributed by atoms with Crippen molar-refractivity contribution in [1.29, 1.82) is 0 Å². The van der Waals surface area contributed by atoms with Crippen LogP contribution in [0.25, 0.3) is 0 Å². The number of rotatable bonds is 61. The first-order chi connectivity index (χ1) is 32.8. The van der Waals surface area contributed by atoms with Crippen molar-refractivity contribution in [1.82, 2.24) is 0 Å². The van der Waals surface area contributed by atoms with Crippen LogP contribution in [0.4, 0.5) is 0 Å². The van der Waals surface area contributed by atoms with Crippen molar-refractivity contribution < 1.29 is 9.53 Å². The minimum Gasteiger partial charge on any atom is -0.435 e. The van der Waals surface area contributed by atoms with Crippen molar-refractivity contribution in [2.45, 2.75) is 392 Å². The van der Waals surface area contributed by atoms with Gasteiger partial charge in [0.1, 0.15) is 0 Å². The Bertz CT molecular complexity index is 865. The van der Waals surface area contributed by atoms with Crippen molar-refractivity contribution >= 4 is 5.97 Å². The second-order valence-electron chi connectivity index (χ2n) is 21.9. The van der Waals surface area contributed by atoms with E-state index < -0.39 is 0 Å². The summed E-state index contributed by atoms with van der Waals surface area (Å²) in [5.74, 6) is -0.141. The van der Waals surface area contributed by atoms with Gasteiger partial charge in [-0.15, -0.1) is 0 Å². The second-order valence-corrected chi connectivity index (χ2v) is 21.9. The van der Waals surface area contributed by atoms with Crippen LogP contribution in [0.15, 0.2) is 12.8 Å². The Kier molecular flexibility index (Phi) is 61.5. The van der Waals surface area contributed by atoms with E-state index in [-0.39, 0.29) is 5.97 Å². The Morgan fingerprint density at radius 3 is 0.485 bits per heavy atom. The van der Waals surface area contributed by atoms with Crippen molar-refractivity contribution in [3.8, 4) is 0 Å². The molecular weight excluding hydrogens is 801 g/mol. The average Bonchev–Trinajstić information content (AvgIpc) is 3.32. The van der Waals surface area contributed by atoms with Gasteiger partial charge in [-0.25, -0.2) is 0 Å². The molecule has 0 bridgehead atoms. The Balaban J connectivity index is 3.08. The van der Waals surface area contributed by atoms with Crippen LogP contribution in [-0.4, -0.2) is 5.97 Å². The molecule has 0 aromatic carbocycles. The van der Waals surface area contributed by atoms with Crippen molar-refractivity contribution in [3.05, 3.63) is 12.8 Å². The highest BCUT2D eigenvalue weighted by Crippen LogP contribution is 2.20. The van der Waals surface area contributed by atoms with E-state index in [9.17, 15) is 4.79 Å². The predicted octanol–water partition coefficient (Wildman–Crippen LogP) is 24.1. The molecule has 0 saturated carbocycles. The summed E-state index contributed by atoms with van der Waals surface area (Å²) >= 11 is 0. The van der Waals surface area contributed by atoms with E-state index in [1.54, 1.807) is 0 Å². The largest absolute Gasteiger partial charge is 0.435 e. The topological polar surface area (TPSA) is 26.3 Å². The molecule has 394 valence electrons. The summed E-state index contributed by atoms with van der Waals surface area (Å²) in [4.78, 5) is 11.3. The molecule has 0 aromatic rings. The Labute approximate surface area is 418 Å². The highest BCUT2D eigenvalue weighted by molar-refractivity contribution is 5.69. The summed E-state index contributed by atoms with van der Waals surface area (Å²) in [6, 6.07) is 0. The summed E-state index contributed by atoms with van der Waals surface area (Å²) < 4.78 is 4.76. The molecule has 0 aromatic heterocycles. The first kappa shape index (κ1) is 65.2. The van der Waals surface area contributed by atoms with E-state index in [0.29, 0.717) is 6.42 Å². The molecule has 0 aliphatic carbocycles. The molecule has 0 atom stereocenters. The molecule has 66 heavy (non-hydrogen) atoms. The van der Waals surface area contributed by atoms with Gasteiger partial charge < -0.3 is 4.74 Å². The maximum absolute atomic E-state index is 11.3. The fourth-order valence-corrected chi connectivity index (χ4v) is 10.6. The highest BCUT2D eigenvalue weighted by Gasteiger charge is 2.02. The third-order valence-corrected chi connectivity index (χ3v) is 15.2. The smallest absolute Gasteiger partial charge is 0.310 e. The van der Waals surface area contributed by atoms with Gasteiger partial charge in [0, 0.05) is 6.42 Å². The molecule has 2 heteroatoms. The van der Waals surface area contributed by atoms with Crippen LogP contribution in [0.5, 0.6) is 0 Å². The molecule has 2 nitrogen and oxygen atoms in total. The lowest BCUT2D eigenvalue weighted by Crippen LogP contribution is -1.98. The molecule has 0 aliphatic rings. The number of esters is 1. The molecule has 0 unspecified atom stereocenters. The zero-order chi connectivity index (χ0) is 47.4. The van der Waals surface area contributed by atoms with Crippen LogP contribution >= 0.6 is 0 Å². The normalized spacial score (nSPS) is 11.5. The third-order valence-electron chi connectivity index (χ3n) is 15.2. The van der Waals surface area contributed by atoms with E-state index in [2.05, 4.69) is 13.5 Å². The summed E-state index contributed by atoms with van der Waals surface area (Å²) in [7, 11) is 0. The Hall–Kier alpha value is -0.790. The molecule has 0 saturated heterocycles. The van der Waals surface area contributed by atoms with Gasteiger partial charge in [-0.3, -0.25) is 4.79 Å². The zero-order valence-corrected chi connectivity index (χ0v) is 46.0. The van der Waals surface area contributed by atoms with Gasteiger partial charge in [-0.2, -0.15) is 0 Å². The molecule has 0 aliphatic heterocycles. The molecular formula is C64H126O2. The minimum absolute atomic E-state index is 0.141. The van der Waals surface area contributed by atoms with Crippen LogP contribution in [0, 0.1) is 0 Å². The number of carbonyl (C=O) groups is 1. The lowest BCUT2D eigenvalue weighted by Gasteiger charge is -2.05. The number of ether oxygens (including phenoxy) is 1. The summed E-state index contributed by atoms with van der Waals surface area (Å²) in [5, 5.41) is 0. The SMILES string of the molecule is C=COC(=O)CCCCCCCCCCCCCCCCCCCCCCCCCCCCCCCCCCCCCCCCCCCCCCCCCCCCCCCCCCCCC. The number of carbonyl (C=O) groups excluding carboxylic acids is 1. The van der Waals surface area contributed by atoms with E-state index in [1.165, 1.54) is 372 Å². The van der Waals surface area contributed by atoms with Gasteiger partial charge >= 0.3 is 5.97 Å². The molecule has 0 heterocycles. The van der Waals surface area contributed by atoms with Gasteiger partial charge in [0.2, 0.25) is 0 Å². The van der Waals surface area contributed by atoms with Gasteiger partial charge in [-0.05, 0) is 6.42 Å². The van der Waals surface area contributed by atoms with E-state index >= 15 is 0 Å². The molecule has 0 fully saturated rings. The number of unbranched alkanes of at least 4 members (excludes halogenated alkanes) is 58. The summed E-state index contributed by atoms with van der Waals surface area (Å²) in [5.41, 5.74) is 0. The van der Waals surface area contributed by atoms with E-state index in [0.717, 1.165) is 12.8 Å². The lowest BCUT2D eigenvalue weighted by molar-refractivity contribution is -0.138. The first-order valence-electron chi connectivity index (χ1n) is 31.6. The highest BCUT2D eigenvalue weighted by atomic mass is 16.5. The number of hydrogen-bond donors (Lipinski definition) is 0. The van der Waals surface area contributed by atoms with Gasteiger partial charge in [0.05, 0.1) is 6.26 Å². The van der Waals surface area contributed by atoms with Crippen LogP contribution in [0.3, 0.4) is 0 Å². The quantitative estimate of drug-likeness (QED) is 0.0345. The van der Waals surface area contributed by atoms with E-state index in [1.807, 2.05) is 0 Å². The third kappa shape index (κ3) is 61.2. The second kappa shape index (κ2) is 62.2. The average molecular weight is 928 g/mol. The molecule has 0 rings (SSSR count). The standard InChI is InChI=1S/C64H126O2/c1-3-5-6-7-8-9-10-11-12-13-14-15-16-17-18-19-20-21-22-23-24-25-26-27-28-29-30-31-32-33-34-35-36-37-38-39-40-41-42-43-44-45-46-47-48-49-50-51-52-53-54-55-56-57-58-59-60-61-62-63-64(65)66-4-2/h4H,2-3,5-63H2,1H3. The number of hydrogen-bond acceptors (Lipinski definition) is 2. The Morgan fingerprint density at radius 2 is 0.364 bits per heavy atom. The van der Waals surface area contributed by atoms with Gasteiger partial charge in [0.25, 0.3) is 0 Å². The fraction of sp³-hybridized carbons (Fsp3) is 0.953. The van der Waals surface area contributed by atoms with E-state index in [4.69, 9.17) is 4.74 Å². The van der Waals surface area contributed by atoms with Crippen LogP contribution < -0.4 is 0 Å². The fourth-order valence-electron chi connectivity index (χ4n) is 10.6. The van der Waals surface area contributed by atoms with Gasteiger partial charge in [0.15, 0.2) is 0 Å². The first-order valence-corrected chi connectivity index (χ1v) is 31.6. The monoisotopic (exact) mass is 927 g/mol. The predicted molar refractivity (Wildman–Crippen MR) is 299 cm³/mol. The maximum Gasteiger partial charge on any atom is 0.310 e. The lowest BCUT2D eigenvalue weighted by atomic mass is 10.0. The van der Waals surface area contributed by atoms with Gasteiger partial charge in [-0.1, -0.05) is 386 Å². The van der Waals surface area contributed by atoms with Crippen molar-refractivity contribution in [3.63, 3.8) is 0 Å². The maximum atomic E-state index is 11.3. The summed E-state index contributed by atoms with van der Waals surface area (Å²) in [6.45, 7) is 5.74. The minimum atomic E-state index is -0.141. The molecule has 0 amide bonds. The van der Waals surface area contributed by atoms with Crippen molar-refractivity contribution in [2.24, 2.45) is 0 Å². The molecule has 0 spiro atoms. The molecule has 0 radical (unpaired) electrons. The van der Waals surface area contributed by atoms with Crippen LogP contribution in [0.1, 0.15) is 392 Å². The summed E-state index contributed by atoms with van der Waals surface area (Å²) in [6.07, 6.45) is 87.5. The Morgan fingerprint density at radius 1 is 0.242 bits per heavy atom. The zero-order valence-electron chi connectivity index (χ0n) is 46.0. The molecule has 0 N–H and O–H groups in total.